The summed E-state index contributed by atoms with van der Waals surface area (Å²) in [6.07, 6.45) is 3.06. The second-order valence-electron chi connectivity index (χ2n) is 5.33. The molecule has 126 valence electrons. The van der Waals surface area contributed by atoms with Crippen LogP contribution in [0.15, 0.2) is 51.8 Å². The molecule has 0 atom stereocenters. The molecule has 0 aliphatic heterocycles. The van der Waals surface area contributed by atoms with Crippen LogP contribution in [0.1, 0.15) is 16.7 Å². The number of hydrogen-bond acceptors (Lipinski definition) is 3. The van der Waals surface area contributed by atoms with Crippen molar-refractivity contribution in [2.24, 2.45) is 5.14 Å². The van der Waals surface area contributed by atoms with E-state index in [1.165, 1.54) is 18.2 Å². The molecule has 0 bridgehead atoms. The van der Waals surface area contributed by atoms with E-state index < -0.39 is 10.0 Å². The number of carbonyl (C=O) groups excluding carboxylic acids is 1. The molecule has 0 radical (unpaired) electrons. The maximum atomic E-state index is 12.1. The first-order valence-electron chi connectivity index (χ1n) is 7.05. The first-order chi connectivity index (χ1) is 11.2. The predicted octanol–water partition coefficient (Wildman–Crippen LogP) is 3.37. The Kier molecular flexibility index (Phi) is 5.58. The van der Waals surface area contributed by atoms with E-state index in [9.17, 15) is 13.2 Å². The van der Waals surface area contributed by atoms with E-state index in [0.717, 1.165) is 21.2 Å². The number of amides is 1. The van der Waals surface area contributed by atoms with Crippen LogP contribution in [0.4, 0.5) is 5.69 Å². The average Bonchev–Trinajstić information content (AvgIpc) is 2.50. The summed E-state index contributed by atoms with van der Waals surface area (Å²) in [5, 5.41) is 7.85. The number of hydrogen-bond donors (Lipinski definition) is 2. The number of nitrogens with two attached hydrogens (primary N) is 1. The van der Waals surface area contributed by atoms with Crippen LogP contribution >= 0.6 is 15.9 Å². The largest absolute Gasteiger partial charge is 0.322 e. The van der Waals surface area contributed by atoms with Gasteiger partial charge >= 0.3 is 0 Å². The van der Waals surface area contributed by atoms with Crippen LogP contribution in [0.5, 0.6) is 0 Å². The van der Waals surface area contributed by atoms with Gasteiger partial charge in [-0.05, 0) is 60.9 Å². The van der Waals surface area contributed by atoms with Gasteiger partial charge in [-0.15, -0.1) is 0 Å². The molecule has 0 fully saturated rings. The lowest BCUT2D eigenvalue weighted by molar-refractivity contribution is -0.111. The minimum atomic E-state index is -3.83. The van der Waals surface area contributed by atoms with Gasteiger partial charge in [0.15, 0.2) is 0 Å². The van der Waals surface area contributed by atoms with Crippen molar-refractivity contribution in [1.29, 1.82) is 0 Å². The van der Waals surface area contributed by atoms with E-state index in [1.54, 1.807) is 19.9 Å². The molecule has 0 unspecified atom stereocenters. The highest BCUT2D eigenvalue weighted by molar-refractivity contribution is 9.10. The number of nitrogens with one attached hydrogen (secondary N) is 1. The Morgan fingerprint density at radius 3 is 2.38 bits per heavy atom. The van der Waals surface area contributed by atoms with E-state index in [2.05, 4.69) is 21.2 Å². The number of anilines is 1. The fourth-order valence-electron chi connectivity index (χ4n) is 2.04. The lowest BCUT2D eigenvalue weighted by atomic mass is 10.1. The van der Waals surface area contributed by atoms with E-state index in [-0.39, 0.29) is 10.8 Å². The van der Waals surface area contributed by atoms with Crippen molar-refractivity contribution in [2.45, 2.75) is 18.7 Å². The number of aryl methyl sites for hydroxylation is 1. The maximum Gasteiger partial charge on any atom is 0.248 e. The Labute approximate surface area is 149 Å². The predicted molar refractivity (Wildman–Crippen MR) is 99.1 cm³/mol. The molecule has 0 aromatic heterocycles. The Bertz CT molecular complexity index is 904. The van der Waals surface area contributed by atoms with Gasteiger partial charge in [0.05, 0.1) is 4.90 Å². The van der Waals surface area contributed by atoms with Gasteiger partial charge < -0.3 is 5.32 Å². The molecule has 5 nitrogen and oxygen atoms in total. The topological polar surface area (TPSA) is 89.3 Å². The summed E-state index contributed by atoms with van der Waals surface area (Å²) in [7, 11) is -3.83. The molecule has 0 aliphatic carbocycles. The van der Waals surface area contributed by atoms with Gasteiger partial charge in [-0.25, -0.2) is 13.6 Å². The smallest absolute Gasteiger partial charge is 0.248 e. The van der Waals surface area contributed by atoms with Crippen molar-refractivity contribution >= 4 is 43.6 Å². The van der Waals surface area contributed by atoms with Crippen LogP contribution in [0.2, 0.25) is 0 Å². The third-order valence-electron chi connectivity index (χ3n) is 3.52. The normalized spacial score (nSPS) is 11.7. The lowest BCUT2D eigenvalue weighted by Crippen LogP contribution is -2.15. The monoisotopic (exact) mass is 408 g/mol. The fourth-order valence-corrected chi connectivity index (χ4v) is 2.93. The molecule has 2 rings (SSSR count). The van der Waals surface area contributed by atoms with Gasteiger partial charge in [0.2, 0.25) is 15.9 Å². The summed E-state index contributed by atoms with van der Waals surface area (Å²) in [5.74, 6) is -0.355. The summed E-state index contributed by atoms with van der Waals surface area (Å²) in [6.45, 7) is 3.56. The SMILES string of the molecule is Cc1cc(S(N)(=O)=O)cc(NC(=O)/C=C/c2ccc(Br)cc2)c1C. The zero-order valence-corrected chi connectivity index (χ0v) is 15.6. The van der Waals surface area contributed by atoms with Gasteiger partial charge in [-0.2, -0.15) is 0 Å². The molecular weight excluding hydrogens is 392 g/mol. The molecule has 0 aliphatic rings. The van der Waals surface area contributed by atoms with Crippen molar-refractivity contribution in [3.63, 3.8) is 0 Å². The number of sulfonamides is 1. The Morgan fingerprint density at radius 2 is 1.79 bits per heavy atom. The molecule has 3 N–H and O–H groups in total. The Morgan fingerprint density at radius 1 is 1.17 bits per heavy atom. The standard InChI is InChI=1S/C17H17BrN2O3S/c1-11-9-15(24(19,22)23)10-16(12(11)2)20-17(21)8-5-13-3-6-14(18)7-4-13/h3-10H,1-2H3,(H,20,21)(H2,19,22,23)/b8-5+. The molecule has 0 saturated heterocycles. The zero-order chi connectivity index (χ0) is 17.9. The number of carbonyl (C=O) groups is 1. The quantitative estimate of drug-likeness (QED) is 0.759. The number of halogens is 1. The van der Waals surface area contributed by atoms with Crippen molar-refractivity contribution in [1.82, 2.24) is 0 Å². The van der Waals surface area contributed by atoms with Crippen LogP contribution in [0, 0.1) is 13.8 Å². The molecule has 1 amide bonds. The summed E-state index contributed by atoms with van der Waals surface area (Å²) < 4.78 is 24.0. The van der Waals surface area contributed by atoms with Gasteiger partial charge in [-0.1, -0.05) is 28.1 Å². The van der Waals surface area contributed by atoms with Gasteiger partial charge in [0.25, 0.3) is 0 Å². The zero-order valence-electron chi connectivity index (χ0n) is 13.2. The highest BCUT2D eigenvalue weighted by Crippen LogP contribution is 2.23. The molecule has 0 saturated carbocycles. The number of rotatable bonds is 4. The molecule has 2 aromatic rings. The van der Waals surface area contributed by atoms with Crippen LogP contribution in [-0.2, 0) is 14.8 Å². The summed E-state index contributed by atoms with van der Waals surface area (Å²) in [5.41, 5.74) is 2.81. The van der Waals surface area contributed by atoms with Crippen molar-refractivity contribution < 1.29 is 13.2 Å². The van der Waals surface area contributed by atoms with E-state index in [0.29, 0.717) is 5.69 Å². The number of primary sulfonamides is 1. The molecule has 7 heteroatoms. The molecule has 24 heavy (non-hydrogen) atoms. The second kappa shape index (κ2) is 7.29. The summed E-state index contributed by atoms with van der Waals surface area (Å²) in [4.78, 5) is 12.1. The van der Waals surface area contributed by atoms with Crippen LogP contribution < -0.4 is 10.5 Å². The maximum absolute atomic E-state index is 12.1. The first kappa shape index (κ1) is 18.4. The third-order valence-corrected chi connectivity index (χ3v) is 4.95. The van der Waals surface area contributed by atoms with Crippen molar-refractivity contribution in [3.05, 3.63) is 63.6 Å². The van der Waals surface area contributed by atoms with Crippen LogP contribution in [0.3, 0.4) is 0 Å². The summed E-state index contributed by atoms with van der Waals surface area (Å²) >= 11 is 3.34. The summed E-state index contributed by atoms with van der Waals surface area (Å²) in [6, 6.07) is 10.3. The average molecular weight is 409 g/mol. The third kappa shape index (κ3) is 4.77. The van der Waals surface area contributed by atoms with Crippen LogP contribution in [0.25, 0.3) is 6.08 Å². The minimum absolute atomic E-state index is 0.0298. The molecule has 0 spiro atoms. The lowest BCUT2D eigenvalue weighted by Gasteiger charge is -2.11. The highest BCUT2D eigenvalue weighted by Gasteiger charge is 2.13. The Balaban J connectivity index is 2.22. The van der Waals surface area contributed by atoms with Crippen LogP contribution in [-0.4, -0.2) is 14.3 Å². The molecule has 0 heterocycles. The van der Waals surface area contributed by atoms with Crippen molar-refractivity contribution in [3.8, 4) is 0 Å². The van der Waals surface area contributed by atoms with Crippen molar-refractivity contribution in [2.75, 3.05) is 5.32 Å². The molecular formula is C17H17BrN2O3S. The number of benzene rings is 2. The van der Waals surface area contributed by atoms with E-state index in [4.69, 9.17) is 5.14 Å². The van der Waals surface area contributed by atoms with Gasteiger partial charge in [0.1, 0.15) is 0 Å². The van der Waals surface area contributed by atoms with E-state index in [1.807, 2.05) is 24.3 Å². The molecule has 2 aromatic carbocycles. The minimum Gasteiger partial charge on any atom is -0.322 e. The highest BCUT2D eigenvalue weighted by atomic mass is 79.9. The van der Waals surface area contributed by atoms with Gasteiger partial charge in [0, 0.05) is 16.2 Å². The van der Waals surface area contributed by atoms with Gasteiger partial charge in [-0.3, -0.25) is 4.79 Å². The second-order valence-corrected chi connectivity index (χ2v) is 7.81. The first-order valence-corrected chi connectivity index (χ1v) is 9.39. The fraction of sp³-hybridized carbons (Fsp3) is 0.118. The van der Waals surface area contributed by atoms with E-state index >= 15 is 0 Å². The Hall–Kier alpha value is -1.96.